The summed E-state index contributed by atoms with van der Waals surface area (Å²) >= 11 is 1.14. The van der Waals surface area contributed by atoms with Gasteiger partial charge in [-0.25, -0.2) is 19.4 Å². The van der Waals surface area contributed by atoms with E-state index in [2.05, 4.69) is 54.6 Å². The molecule has 3 aromatic heterocycles. The Morgan fingerprint density at radius 2 is 1.77 bits per heavy atom. The zero-order valence-corrected chi connectivity index (χ0v) is 33.2. The number of carbonyl (C=O) groups is 2. The summed E-state index contributed by atoms with van der Waals surface area (Å²) in [6.07, 6.45) is 11.0. The molecule has 3 N–H and O–H groups in total. The third-order valence-electron chi connectivity index (χ3n) is 12.3. The highest BCUT2D eigenvalue weighted by Gasteiger charge is 2.89. The molecule has 2 unspecified atom stereocenters. The molecule has 2 spiro atoms. The maximum atomic E-state index is 13.0. The maximum absolute atomic E-state index is 13.0. The summed E-state index contributed by atoms with van der Waals surface area (Å²) in [5.74, 6) is 2.18. The van der Waals surface area contributed by atoms with Crippen LogP contribution in [0.4, 0.5) is 10.6 Å². The zero-order valence-electron chi connectivity index (χ0n) is 32.4. The minimum atomic E-state index is -1.38. The second kappa shape index (κ2) is 13.3. The van der Waals surface area contributed by atoms with Crippen LogP contribution in [0, 0.1) is 22.7 Å². The highest BCUT2D eigenvalue weighted by atomic mass is 32.2. The molecule has 16 heteroatoms. The van der Waals surface area contributed by atoms with E-state index in [1.54, 1.807) is 36.9 Å². The van der Waals surface area contributed by atoms with Gasteiger partial charge in [0.1, 0.15) is 32.1 Å². The Kier molecular flexibility index (Phi) is 9.44. The van der Waals surface area contributed by atoms with Crippen molar-refractivity contribution in [3.8, 4) is 11.7 Å². The molecule has 3 aromatic rings. The van der Waals surface area contributed by atoms with Crippen molar-refractivity contribution in [1.29, 1.82) is 0 Å². The normalized spacial score (nSPS) is 21.9. The number of fused-ring (bicyclic) bond motifs is 1. The largest absolute Gasteiger partial charge is 0.454 e. The van der Waals surface area contributed by atoms with E-state index in [-0.39, 0.29) is 17.5 Å². The molecule has 4 fully saturated rings. The molecule has 4 heterocycles. The Hall–Kier alpha value is -3.65. The highest BCUT2D eigenvalue weighted by Crippen LogP contribution is 2.96. The van der Waals surface area contributed by atoms with Crippen molar-refractivity contribution in [3.05, 3.63) is 54.4 Å². The first-order chi connectivity index (χ1) is 24.9. The zero-order chi connectivity index (χ0) is 38.0. The van der Waals surface area contributed by atoms with Crippen molar-refractivity contribution in [2.45, 2.75) is 107 Å². The molecule has 53 heavy (non-hydrogen) atoms. The van der Waals surface area contributed by atoms with Crippen LogP contribution < -0.4 is 14.8 Å². The fourth-order valence-corrected chi connectivity index (χ4v) is 9.87. The van der Waals surface area contributed by atoms with Gasteiger partial charge in [0, 0.05) is 49.0 Å². The van der Waals surface area contributed by atoms with Crippen LogP contribution in [0.1, 0.15) is 89.9 Å². The smallest absolute Gasteiger partial charge is 0.410 e. The van der Waals surface area contributed by atoms with Crippen molar-refractivity contribution in [2.24, 2.45) is 22.7 Å². The summed E-state index contributed by atoms with van der Waals surface area (Å²) in [4.78, 5) is 36.7. The van der Waals surface area contributed by atoms with Gasteiger partial charge in [-0.3, -0.25) is 9.52 Å². The molecule has 280 valence electrons. The van der Waals surface area contributed by atoms with Crippen LogP contribution in [0.3, 0.4) is 0 Å². The molecular weight excluding hydrogens is 687 g/mol. The van der Waals surface area contributed by atoms with Gasteiger partial charge in [-0.1, -0.05) is 6.07 Å². The monoisotopic (exact) mass is 739 g/mol. The molecule has 7 rings (SSSR count). The average molecular weight is 739 g/mol. The van der Waals surface area contributed by atoms with E-state index in [0.29, 0.717) is 51.5 Å². The van der Waals surface area contributed by atoms with Crippen LogP contribution in [-0.2, 0) is 4.74 Å². The van der Waals surface area contributed by atoms with Gasteiger partial charge in [0.25, 0.3) is 5.91 Å². The van der Waals surface area contributed by atoms with E-state index in [1.165, 1.54) is 31.9 Å². The fraction of sp³-hybridized carbons (Fsp3) is 0.595. The maximum Gasteiger partial charge on any atom is 0.410 e. The van der Waals surface area contributed by atoms with Crippen molar-refractivity contribution in [3.63, 3.8) is 0 Å². The van der Waals surface area contributed by atoms with E-state index in [4.69, 9.17) is 9.47 Å². The van der Waals surface area contributed by atoms with E-state index >= 15 is 0 Å². The predicted molar refractivity (Wildman–Crippen MR) is 212 cm³/mol. The number of nitrogens with one attached hydrogen (secondary N) is 2. The van der Waals surface area contributed by atoms with Gasteiger partial charge in [0.15, 0.2) is 19.4 Å². The lowest BCUT2D eigenvalue weighted by molar-refractivity contribution is -0.0868. The van der Waals surface area contributed by atoms with Gasteiger partial charge in [-0.2, -0.15) is 0 Å². The number of carbonyl (C=O) groups excluding carboxylic acids is 2. The molecule has 2 amide bonds. The van der Waals surface area contributed by atoms with Crippen LogP contribution in [0.5, 0.6) is 5.88 Å². The Morgan fingerprint density at radius 3 is 2.42 bits per heavy atom. The minimum Gasteiger partial charge on any atom is -0.454 e. The number of nitrogens with zero attached hydrogens (tertiary/aromatic N) is 5. The lowest BCUT2D eigenvalue weighted by Gasteiger charge is -2.41. The topological polar surface area (TPSA) is 144 Å². The first kappa shape index (κ1) is 37.7. The number of pyridine rings is 2. The van der Waals surface area contributed by atoms with Crippen LogP contribution in [-0.4, -0.2) is 95.2 Å². The quantitative estimate of drug-likeness (QED) is 0.103. The number of aliphatic hydroxyl groups is 1. The Bertz CT molecular complexity index is 1840. The number of ether oxygens (including phenoxy) is 2. The van der Waals surface area contributed by atoms with E-state index in [1.807, 2.05) is 43.9 Å². The highest BCUT2D eigenvalue weighted by molar-refractivity contribution is 7.97. The summed E-state index contributed by atoms with van der Waals surface area (Å²) in [7, 11) is 6.00. The summed E-state index contributed by atoms with van der Waals surface area (Å²) < 4.78 is 16.2. The molecule has 2 atom stereocenters. The molecular formula is C37H52B3N7O5S. The Balaban J connectivity index is 0.855. The molecule has 3 saturated carbocycles. The van der Waals surface area contributed by atoms with Gasteiger partial charge in [0.05, 0.1) is 5.56 Å². The molecule has 4 aliphatic rings. The molecule has 0 aromatic carbocycles. The third-order valence-corrected chi connectivity index (χ3v) is 13.0. The lowest BCUT2D eigenvalue weighted by atomic mass is 9.42. The molecule has 12 nitrogen and oxygen atoms in total. The number of hydrogen-bond donors (Lipinski definition) is 3. The second-order valence-corrected chi connectivity index (χ2v) is 18.8. The number of anilines is 1. The lowest BCUT2D eigenvalue weighted by Crippen LogP contribution is -2.51. The van der Waals surface area contributed by atoms with Crippen LogP contribution in [0.15, 0.2) is 53.8 Å². The predicted octanol–water partition coefficient (Wildman–Crippen LogP) is 3.56. The minimum absolute atomic E-state index is 0.231. The number of likely N-dealkylation sites (tertiary alicyclic amines) is 1. The van der Waals surface area contributed by atoms with Crippen LogP contribution >= 0.6 is 11.9 Å². The first-order valence-corrected chi connectivity index (χ1v) is 19.8. The van der Waals surface area contributed by atoms with Crippen molar-refractivity contribution in [1.82, 2.24) is 29.4 Å². The van der Waals surface area contributed by atoms with E-state index in [9.17, 15) is 14.7 Å². The Morgan fingerprint density at radius 1 is 1.06 bits per heavy atom. The van der Waals surface area contributed by atoms with Crippen molar-refractivity contribution in [2.75, 3.05) is 18.4 Å². The summed E-state index contributed by atoms with van der Waals surface area (Å²) in [5, 5.41) is 19.7. The molecule has 1 saturated heterocycles. The van der Waals surface area contributed by atoms with Crippen LogP contribution in [0.25, 0.3) is 5.82 Å². The van der Waals surface area contributed by atoms with Crippen molar-refractivity contribution < 1.29 is 24.2 Å². The standard InChI is InChI=1S/C37H52B3N7O5S/c1-32(2,3)52-31(49)46-22-23(20-33(46,4)5)8-7-18-41-25-9-6-10-28(43-25)53-45-29(48)24-11-12-26(42-21-24)47-19-13-27(44-47)51-37(40,50)36(38,39)30-34(14-15-34)35(30)16-17-35/h6,9-13,19,21,23,30,50H,7-8,14-18,20,22,38-40H2,1-5H3,(H,41,43)(H,45,48). The molecule has 1 aliphatic heterocycles. The molecule has 3 aliphatic carbocycles. The first-order valence-electron chi connectivity index (χ1n) is 19.0. The van der Waals surface area contributed by atoms with Gasteiger partial charge in [0.2, 0.25) is 5.88 Å². The fourth-order valence-electron chi connectivity index (χ4n) is 9.26. The van der Waals surface area contributed by atoms with E-state index in [0.717, 1.165) is 43.6 Å². The third kappa shape index (κ3) is 7.42. The van der Waals surface area contributed by atoms with Crippen LogP contribution in [0.2, 0.25) is 5.21 Å². The number of hydrogen-bond acceptors (Lipinski definition) is 10. The van der Waals surface area contributed by atoms with Crippen molar-refractivity contribution >= 4 is 53.3 Å². The van der Waals surface area contributed by atoms with E-state index < -0.39 is 16.5 Å². The van der Waals surface area contributed by atoms with Gasteiger partial charge in [-0.05, 0) is 132 Å². The number of rotatable bonds is 13. The number of aromatic nitrogens is 4. The Labute approximate surface area is 319 Å². The summed E-state index contributed by atoms with van der Waals surface area (Å²) in [6, 6.07) is 10.8. The second-order valence-electron chi connectivity index (χ2n) is 18.0. The van der Waals surface area contributed by atoms with Gasteiger partial charge < -0.3 is 24.8 Å². The summed E-state index contributed by atoms with van der Waals surface area (Å²) in [6.45, 7) is 11.3. The average Bonchev–Trinajstić information content (AvgIpc) is 4.04. The van der Waals surface area contributed by atoms with Gasteiger partial charge in [-0.15, -0.1) is 5.10 Å². The molecule has 0 bridgehead atoms. The summed E-state index contributed by atoms with van der Waals surface area (Å²) in [5.41, 5.74) is -0.857. The number of amides is 2. The van der Waals surface area contributed by atoms with Gasteiger partial charge >= 0.3 is 6.09 Å². The molecule has 0 radical (unpaired) electrons. The SMILES string of the molecule is BC(O)(Oc1ccn(-c2ccc(C(=O)NSc3cccc(NCCCC4CN(C(=O)OC(C)(C)C)C(C)(C)C4)n3)cn2)n1)C(B)(B)C1C2(CC2)C12CC2.